The Morgan fingerprint density at radius 2 is 1.75 bits per heavy atom. The summed E-state index contributed by atoms with van der Waals surface area (Å²) in [6.45, 7) is 2.10. The molecule has 0 radical (unpaired) electrons. The van der Waals surface area contributed by atoms with Crippen molar-refractivity contribution >= 4 is 23.3 Å². The molecule has 7 nitrogen and oxygen atoms in total. The Hall–Kier alpha value is -3.61. The average molecular weight is 375 g/mol. The second kappa shape index (κ2) is 8.85. The second-order valence-electron chi connectivity index (χ2n) is 6.39. The maximum atomic E-state index is 12.5. The van der Waals surface area contributed by atoms with E-state index in [1.165, 1.54) is 19.3 Å². The van der Waals surface area contributed by atoms with Gasteiger partial charge in [0.2, 0.25) is 5.95 Å². The van der Waals surface area contributed by atoms with Gasteiger partial charge in [0.05, 0.1) is 5.56 Å². The molecule has 28 heavy (non-hydrogen) atoms. The molecule has 1 amide bonds. The van der Waals surface area contributed by atoms with Crippen molar-refractivity contribution in [1.29, 1.82) is 0 Å². The summed E-state index contributed by atoms with van der Waals surface area (Å²) in [7, 11) is 1.75. The Bertz CT molecular complexity index is 958. The van der Waals surface area contributed by atoms with Crippen LogP contribution in [0.15, 0.2) is 61.2 Å². The van der Waals surface area contributed by atoms with E-state index >= 15 is 0 Å². The second-order valence-corrected chi connectivity index (χ2v) is 6.39. The fourth-order valence-corrected chi connectivity index (χ4v) is 2.62. The van der Waals surface area contributed by atoms with Gasteiger partial charge >= 0.3 is 0 Å². The summed E-state index contributed by atoms with van der Waals surface area (Å²) in [5.74, 6) is 0.205. The van der Waals surface area contributed by atoms with Crippen LogP contribution < -0.4 is 5.32 Å². The maximum Gasteiger partial charge on any atom is 0.256 e. The third-order valence-corrected chi connectivity index (χ3v) is 4.26. The molecule has 2 aromatic heterocycles. The minimum Gasteiger partial charge on any atom is -0.341 e. The van der Waals surface area contributed by atoms with Crippen molar-refractivity contribution in [3.8, 4) is 0 Å². The number of hydrogen-bond acceptors (Lipinski definition) is 6. The Labute approximate surface area is 163 Å². The predicted molar refractivity (Wildman–Crippen MR) is 107 cm³/mol. The lowest BCUT2D eigenvalue weighted by molar-refractivity contribution is 0.0795. The minimum atomic E-state index is -0.140. The van der Waals surface area contributed by atoms with Crippen LogP contribution >= 0.6 is 0 Å². The molecule has 0 unspecified atom stereocenters. The summed E-state index contributed by atoms with van der Waals surface area (Å²) in [6, 6.07) is 11.0. The smallest absolute Gasteiger partial charge is 0.256 e. The van der Waals surface area contributed by atoms with Crippen molar-refractivity contribution in [2.24, 2.45) is 0 Å². The van der Waals surface area contributed by atoms with Gasteiger partial charge in [0.1, 0.15) is 0 Å². The van der Waals surface area contributed by atoms with Gasteiger partial charge in [0.25, 0.3) is 5.91 Å². The van der Waals surface area contributed by atoms with Crippen LogP contribution in [0.1, 0.15) is 33.2 Å². The average Bonchev–Trinajstić information content (AvgIpc) is 2.73. The number of likely N-dealkylation sites (N-methyl/N-ethyl adjacent to an activating group) is 1. The summed E-state index contributed by atoms with van der Waals surface area (Å²) in [5, 5.41) is 3.04. The largest absolute Gasteiger partial charge is 0.341 e. The lowest BCUT2D eigenvalue weighted by atomic mass is 10.1. The van der Waals surface area contributed by atoms with Crippen LogP contribution in [-0.2, 0) is 6.42 Å². The zero-order valence-corrected chi connectivity index (χ0v) is 15.8. The number of anilines is 2. The van der Waals surface area contributed by atoms with Crippen molar-refractivity contribution in [2.45, 2.75) is 13.3 Å². The Morgan fingerprint density at radius 3 is 2.43 bits per heavy atom. The number of hydrogen-bond donors (Lipinski definition) is 1. The lowest BCUT2D eigenvalue weighted by Crippen LogP contribution is -2.29. The SMILES string of the molecule is CC(=O)c1cccc(Nc2ncc(C(=O)N(C)CCc3ccncc3)cn2)c1. The molecule has 3 rings (SSSR count). The van der Waals surface area contributed by atoms with E-state index in [1.807, 2.05) is 18.2 Å². The van der Waals surface area contributed by atoms with Crippen LogP contribution in [0.2, 0.25) is 0 Å². The van der Waals surface area contributed by atoms with Gasteiger partial charge < -0.3 is 10.2 Å². The number of aromatic nitrogens is 3. The summed E-state index contributed by atoms with van der Waals surface area (Å²) in [5.41, 5.74) is 2.85. The highest BCUT2D eigenvalue weighted by Gasteiger charge is 2.13. The minimum absolute atomic E-state index is 0.0136. The molecule has 0 bridgehead atoms. The van der Waals surface area contributed by atoms with Crippen molar-refractivity contribution < 1.29 is 9.59 Å². The highest BCUT2D eigenvalue weighted by atomic mass is 16.2. The molecule has 0 atom stereocenters. The highest BCUT2D eigenvalue weighted by Crippen LogP contribution is 2.15. The number of pyridine rings is 1. The first kappa shape index (κ1) is 19.2. The van der Waals surface area contributed by atoms with Crippen LogP contribution in [0, 0.1) is 0 Å². The number of ketones is 1. The van der Waals surface area contributed by atoms with Crippen LogP contribution in [-0.4, -0.2) is 45.1 Å². The van der Waals surface area contributed by atoms with E-state index in [1.54, 1.807) is 42.5 Å². The van der Waals surface area contributed by atoms with Crippen LogP contribution in [0.4, 0.5) is 11.6 Å². The van der Waals surface area contributed by atoms with E-state index in [9.17, 15) is 9.59 Å². The van der Waals surface area contributed by atoms with Crippen molar-refractivity contribution in [2.75, 3.05) is 18.9 Å². The van der Waals surface area contributed by atoms with Gasteiger partial charge in [-0.2, -0.15) is 0 Å². The van der Waals surface area contributed by atoms with Crippen LogP contribution in [0.25, 0.3) is 0 Å². The quantitative estimate of drug-likeness (QED) is 0.638. The highest BCUT2D eigenvalue weighted by molar-refractivity contribution is 5.95. The Morgan fingerprint density at radius 1 is 1.04 bits per heavy atom. The molecule has 0 saturated carbocycles. The first-order chi connectivity index (χ1) is 13.5. The zero-order valence-electron chi connectivity index (χ0n) is 15.8. The Kier molecular flexibility index (Phi) is 6.06. The van der Waals surface area contributed by atoms with E-state index in [2.05, 4.69) is 20.3 Å². The van der Waals surface area contributed by atoms with Gasteiger partial charge in [-0.25, -0.2) is 9.97 Å². The zero-order chi connectivity index (χ0) is 19.9. The molecule has 0 aliphatic heterocycles. The van der Waals surface area contributed by atoms with Gasteiger partial charge in [-0.05, 0) is 43.2 Å². The summed E-state index contributed by atoms with van der Waals surface area (Å²) >= 11 is 0. The maximum absolute atomic E-state index is 12.5. The number of carbonyl (C=O) groups is 2. The normalized spacial score (nSPS) is 10.4. The van der Waals surface area contributed by atoms with E-state index in [-0.39, 0.29) is 11.7 Å². The van der Waals surface area contributed by atoms with Gasteiger partial charge in [-0.3, -0.25) is 14.6 Å². The summed E-state index contributed by atoms with van der Waals surface area (Å²) < 4.78 is 0. The molecule has 0 saturated heterocycles. The van der Waals surface area contributed by atoms with Gasteiger partial charge in [-0.15, -0.1) is 0 Å². The van der Waals surface area contributed by atoms with E-state index in [4.69, 9.17) is 0 Å². The molecular formula is C21H21N5O2. The van der Waals surface area contributed by atoms with Gasteiger partial charge in [0, 0.05) is 49.6 Å². The first-order valence-electron chi connectivity index (χ1n) is 8.87. The number of rotatable bonds is 7. The molecule has 0 aliphatic carbocycles. The molecule has 1 aromatic carbocycles. The van der Waals surface area contributed by atoms with Crippen LogP contribution in [0.5, 0.6) is 0 Å². The van der Waals surface area contributed by atoms with E-state index < -0.39 is 0 Å². The number of Topliss-reactive ketones (excluding diaryl/α,β-unsaturated/α-hetero) is 1. The number of nitrogens with one attached hydrogen (secondary N) is 1. The van der Waals surface area contributed by atoms with Crippen LogP contribution in [0.3, 0.4) is 0 Å². The third-order valence-electron chi connectivity index (χ3n) is 4.26. The summed E-state index contributed by atoms with van der Waals surface area (Å²) in [4.78, 5) is 38.0. The summed E-state index contributed by atoms with van der Waals surface area (Å²) in [6.07, 6.45) is 7.22. The lowest BCUT2D eigenvalue weighted by Gasteiger charge is -2.17. The van der Waals surface area contributed by atoms with E-state index in [0.717, 1.165) is 12.0 Å². The molecule has 0 fully saturated rings. The molecular weight excluding hydrogens is 354 g/mol. The van der Waals surface area contributed by atoms with Gasteiger partial charge in [-0.1, -0.05) is 12.1 Å². The molecule has 142 valence electrons. The molecule has 0 aliphatic rings. The fraction of sp³-hybridized carbons (Fsp3) is 0.190. The first-order valence-corrected chi connectivity index (χ1v) is 8.87. The number of amides is 1. The van der Waals surface area contributed by atoms with E-state index in [0.29, 0.717) is 29.3 Å². The number of nitrogens with zero attached hydrogens (tertiary/aromatic N) is 4. The molecule has 0 spiro atoms. The third kappa shape index (κ3) is 4.97. The molecule has 2 heterocycles. The fourth-order valence-electron chi connectivity index (χ4n) is 2.62. The topological polar surface area (TPSA) is 88.1 Å². The Balaban J connectivity index is 1.60. The molecule has 1 N–H and O–H groups in total. The number of carbonyl (C=O) groups excluding carboxylic acids is 2. The number of benzene rings is 1. The van der Waals surface area contributed by atoms with Gasteiger partial charge in [0.15, 0.2) is 5.78 Å². The predicted octanol–water partition coefficient (Wildman–Crippen LogP) is 3.13. The monoisotopic (exact) mass is 375 g/mol. The molecule has 3 aromatic rings. The van der Waals surface area contributed by atoms with Crippen molar-refractivity contribution in [3.63, 3.8) is 0 Å². The molecule has 7 heteroatoms. The standard InChI is InChI=1S/C21H21N5O2/c1-15(27)17-4-3-5-19(12-17)25-21-23-13-18(14-24-21)20(28)26(2)11-8-16-6-9-22-10-7-16/h3-7,9-10,12-14H,8,11H2,1-2H3,(H,23,24,25). The van der Waals surface area contributed by atoms with Crippen molar-refractivity contribution in [3.05, 3.63) is 77.9 Å². The van der Waals surface area contributed by atoms with Crippen molar-refractivity contribution in [1.82, 2.24) is 19.9 Å².